The molecule has 1 spiro atoms. The average Bonchev–Trinajstić information content (AvgIpc) is 3.20. The maximum Gasteiger partial charge on any atom is 0.170 e. The molecule has 2 aromatic carbocycles. The second-order valence-electron chi connectivity index (χ2n) is 8.66. The molecule has 0 saturated carbocycles. The number of hydrogen-bond donors (Lipinski definition) is 1. The minimum absolute atomic E-state index is 0.170. The molecule has 1 saturated heterocycles. The van der Waals surface area contributed by atoms with Crippen molar-refractivity contribution in [3.05, 3.63) is 58.7 Å². The number of fused-ring (bicyclic) bond motifs is 2. The van der Waals surface area contributed by atoms with Crippen LogP contribution in [0.3, 0.4) is 0 Å². The molecule has 4 nitrogen and oxygen atoms in total. The molecule has 1 N–H and O–H groups in total. The highest BCUT2D eigenvalue weighted by Crippen LogP contribution is 2.48. The number of ether oxygens (including phenoxy) is 1. The third kappa shape index (κ3) is 3.10. The second-order valence-corrected chi connectivity index (χ2v) is 8.66. The number of rotatable bonds is 4. The Morgan fingerprint density at radius 3 is 2.54 bits per heavy atom. The van der Waals surface area contributed by atoms with Gasteiger partial charge in [0.1, 0.15) is 18.1 Å². The number of phenolic OH excluding ortho intramolecular Hbond substituents is 1. The Balaban J connectivity index is 1.27. The van der Waals surface area contributed by atoms with Gasteiger partial charge >= 0.3 is 0 Å². The lowest BCUT2D eigenvalue weighted by atomic mass is 9.81. The predicted octanol–water partition coefficient (Wildman–Crippen LogP) is 3.78. The van der Waals surface area contributed by atoms with Crippen LogP contribution in [0, 0.1) is 5.41 Å². The number of carbonyl (C=O) groups is 1. The monoisotopic (exact) mass is 377 g/mol. The first kappa shape index (κ1) is 17.7. The molecule has 0 aromatic heterocycles. The summed E-state index contributed by atoms with van der Waals surface area (Å²) in [7, 11) is 0. The number of aromatic hydroxyl groups is 1. The molecular weight excluding hydrogens is 350 g/mol. The van der Waals surface area contributed by atoms with E-state index in [1.165, 1.54) is 43.5 Å². The van der Waals surface area contributed by atoms with Gasteiger partial charge in [0.2, 0.25) is 0 Å². The first-order chi connectivity index (χ1) is 13.6. The van der Waals surface area contributed by atoms with Gasteiger partial charge in [-0.05, 0) is 86.1 Å². The van der Waals surface area contributed by atoms with E-state index in [2.05, 4.69) is 17.0 Å². The summed E-state index contributed by atoms with van der Waals surface area (Å²) >= 11 is 0. The SMILES string of the molecule is O=C1c2cc(O)ccc2CC12Cc1ccc(OCCN3CCCCC3)cc1C2. The fourth-order valence-electron chi connectivity index (χ4n) is 5.24. The van der Waals surface area contributed by atoms with E-state index >= 15 is 0 Å². The normalized spacial score (nSPS) is 23.8. The van der Waals surface area contributed by atoms with Gasteiger partial charge in [0.05, 0.1) is 0 Å². The zero-order valence-corrected chi connectivity index (χ0v) is 16.2. The zero-order chi connectivity index (χ0) is 19.1. The van der Waals surface area contributed by atoms with Gasteiger partial charge in [-0.1, -0.05) is 18.6 Å². The molecule has 0 amide bonds. The first-order valence-electron chi connectivity index (χ1n) is 10.5. The molecule has 1 atom stereocenters. The van der Waals surface area contributed by atoms with Crippen molar-refractivity contribution in [2.24, 2.45) is 5.41 Å². The van der Waals surface area contributed by atoms with Gasteiger partial charge in [-0.2, -0.15) is 0 Å². The number of carbonyl (C=O) groups excluding carboxylic acids is 1. The molecule has 146 valence electrons. The summed E-state index contributed by atoms with van der Waals surface area (Å²) < 4.78 is 6.03. The number of nitrogens with zero attached hydrogens (tertiary/aromatic N) is 1. The van der Waals surface area contributed by atoms with Crippen LogP contribution < -0.4 is 4.74 Å². The number of Topliss-reactive ketones (excluding diaryl/α,β-unsaturated/α-hetero) is 1. The van der Waals surface area contributed by atoms with E-state index in [1.807, 2.05) is 12.1 Å². The highest BCUT2D eigenvalue weighted by molar-refractivity contribution is 6.06. The molecule has 0 bridgehead atoms. The van der Waals surface area contributed by atoms with Gasteiger partial charge in [0, 0.05) is 17.5 Å². The van der Waals surface area contributed by atoms with E-state index < -0.39 is 0 Å². The predicted molar refractivity (Wildman–Crippen MR) is 108 cm³/mol. The molecule has 3 aliphatic rings. The van der Waals surface area contributed by atoms with Crippen LogP contribution in [0.15, 0.2) is 36.4 Å². The standard InChI is InChI=1S/C24H27NO3/c26-20-6-4-18-15-24(23(27)22(18)13-20)14-17-5-7-21(12-19(17)16-24)28-11-10-25-8-2-1-3-9-25/h4-7,12-13,26H,1-3,8-11,14-16H2. The van der Waals surface area contributed by atoms with Crippen LogP contribution in [0.2, 0.25) is 0 Å². The minimum atomic E-state index is -0.370. The van der Waals surface area contributed by atoms with E-state index in [-0.39, 0.29) is 16.9 Å². The van der Waals surface area contributed by atoms with Crippen LogP contribution >= 0.6 is 0 Å². The summed E-state index contributed by atoms with van der Waals surface area (Å²) in [6.45, 7) is 4.08. The maximum absolute atomic E-state index is 13.1. The molecule has 4 heteroatoms. The van der Waals surface area contributed by atoms with Crippen LogP contribution in [0.4, 0.5) is 0 Å². The average molecular weight is 377 g/mol. The number of phenols is 1. The van der Waals surface area contributed by atoms with Crippen LogP contribution in [-0.4, -0.2) is 42.0 Å². The van der Waals surface area contributed by atoms with Gasteiger partial charge in [-0.25, -0.2) is 0 Å². The van der Waals surface area contributed by atoms with E-state index in [4.69, 9.17) is 4.74 Å². The van der Waals surface area contributed by atoms with Crippen LogP contribution in [0.1, 0.15) is 46.3 Å². The van der Waals surface area contributed by atoms with Crippen molar-refractivity contribution >= 4 is 5.78 Å². The number of hydrogen-bond acceptors (Lipinski definition) is 4. The fraction of sp³-hybridized carbons (Fsp3) is 0.458. The van der Waals surface area contributed by atoms with Gasteiger partial charge in [-0.3, -0.25) is 9.69 Å². The number of benzene rings is 2. The highest BCUT2D eigenvalue weighted by Gasteiger charge is 2.49. The molecule has 28 heavy (non-hydrogen) atoms. The van der Waals surface area contributed by atoms with Crippen molar-refractivity contribution in [1.29, 1.82) is 0 Å². The summed E-state index contributed by atoms with van der Waals surface area (Å²) in [6, 6.07) is 11.5. The van der Waals surface area contributed by atoms with E-state index in [9.17, 15) is 9.90 Å². The first-order valence-corrected chi connectivity index (χ1v) is 10.5. The largest absolute Gasteiger partial charge is 0.508 e. The van der Waals surface area contributed by atoms with Gasteiger partial charge in [-0.15, -0.1) is 0 Å². The Kier molecular flexibility index (Phi) is 4.39. The molecular formula is C24H27NO3. The molecule has 2 aliphatic carbocycles. The topological polar surface area (TPSA) is 49.8 Å². The van der Waals surface area contributed by atoms with Crippen molar-refractivity contribution in [1.82, 2.24) is 4.90 Å². The summed E-state index contributed by atoms with van der Waals surface area (Å²) in [6.07, 6.45) is 6.27. The Hall–Kier alpha value is -2.33. The van der Waals surface area contributed by atoms with Gasteiger partial charge in [0.15, 0.2) is 5.78 Å². The van der Waals surface area contributed by atoms with Crippen molar-refractivity contribution < 1.29 is 14.6 Å². The lowest BCUT2D eigenvalue weighted by Crippen LogP contribution is -2.33. The Bertz CT molecular complexity index is 916. The van der Waals surface area contributed by atoms with E-state index in [0.29, 0.717) is 12.2 Å². The zero-order valence-electron chi connectivity index (χ0n) is 16.2. The van der Waals surface area contributed by atoms with Crippen LogP contribution in [0.25, 0.3) is 0 Å². The number of likely N-dealkylation sites (tertiary alicyclic amines) is 1. The Morgan fingerprint density at radius 2 is 1.68 bits per heavy atom. The van der Waals surface area contributed by atoms with E-state index in [1.54, 1.807) is 12.1 Å². The summed E-state index contributed by atoms with van der Waals surface area (Å²) in [5, 5.41) is 9.76. The van der Waals surface area contributed by atoms with Crippen molar-refractivity contribution in [3.8, 4) is 11.5 Å². The number of piperidine rings is 1. The smallest absolute Gasteiger partial charge is 0.170 e. The van der Waals surface area contributed by atoms with Gasteiger partial charge < -0.3 is 9.84 Å². The minimum Gasteiger partial charge on any atom is -0.508 e. The van der Waals surface area contributed by atoms with Gasteiger partial charge in [0.25, 0.3) is 0 Å². The van der Waals surface area contributed by atoms with Crippen molar-refractivity contribution in [2.45, 2.75) is 38.5 Å². The lowest BCUT2D eigenvalue weighted by molar-refractivity contribution is 0.0831. The van der Waals surface area contributed by atoms with Crippen LogP contribution in [-0.2, 0) is 19.3 Å². The third-order valence-corrected chi connectivity index (χ3v) is 6.71. The van der Waals surface area contributed by atoms with E-state index in [0.717, 1.165) is 37.1 Å². The maximum atomic E-state index is 13.1. The second kappa shape index (κ2) is 6.93. The highest BCUT2D eigenvalue weighted by atomic mass is 16.5. The quantitative estimate of drug-likeness (QED) is 0.881. The third-order valence-electron chi connectivity index (χ3n) is 6.71. The molecule has 2 aromatic rings. The molecule has 1 aliphatic heterocycles. The summed E-state index contributed by atoms with van der Waals surface area (Å²) in [5.41, 5.74) is 3.89. The molecule has 5 rings (SSSR count). The van der Waals surface area contributed by atoms with Crippen molar-refractivity contribution in [2.75, 3.05) is 26.2 Å². The summed E-state index contributed by atoms with van der Waals surface area (Å²) in [4.78, 5) is 15.6. The van der Waals surface area contributed by atoms with Crippen LogP contribution in [0.5, 0.6) is 11.5 Å². The Labute approximate surface area is 166 Å². The molecule has 1 heterocycles. The molecule has 0 radical (unpaired) electrons. The summed E-state index contributed by atoms with van der Waals surface area (Å²) in [5.74, 6) is 1.26. The van der Waals surface area contributed by atoms with Crippen molar-refractivity contribution in [3.63, 3.8) is 0 Å². The molecule has 1 unspecified atom stereocenters. The fourth-order valence-corrected chi connectivity index (χ4v) is 5.24. The molecule has 1 fully saturated rings. The Morgan fingerprint density at radius 1 is 0.929 bits per heavy atom. The number of ketones is 1. The lowest BCUT2D eigenvalue weighted by Gasteiger charge is -2.26.